The number of hydrogen-bond acceptors (Lipinski definition) is 4. The molecule has 1 N–H and O–H groups in total. The van der Waals surface area contributed by atoms with Crippen LogP contribution in [0.1, 0.15) is 24.0 Å². The third kappa shape index (κ3) is 5.00. The van der Waals surface area contributed by atoms with Crippen LogP contribution in [0, 0.1) is 0 Å². The summed E-state index contributed by atoms with van der Waals surface area (Å²) in [6.45, 7) is 0.942. The van der Waals surface area contributed by atoms with Crippen molar-refractivity contribution >= 4 is 39.1 Å². The van der Waals surface area contributed by atoms with E-state index in [1.807, 2.05) is 42.5 Å². The zero-order chi connectivity index (χ0) is 22.5. The minimum absolute atomic E-state index is 0.113. The molecule has 164 valence electrons. The Morgan fingerprint density at radius 1 is 0.969 bits per heavy atom. The molecule has 0 saturated carbocycles. The largest absolute Gasteiger partial charge is 0.352 e. The van der Waals surface area contributed by atoms with Crippen LogP contribution in [0.5, 0.6) is 0 Å². The van der Waals surface area contributed by atoms with Gasteiger partial charge in [0.2, 0.25) is 5.91 Å². The van der Waals surface area contributed by atoms with Crippen molar-refractivity contribution in [3.05, 3.63) is 103 Å². The highest BCUT2D eigenvalue weighted by atomic mass is 35.5. The molecule has 4 rings (SSSR count). The van der Waals surface area contributed by atoms with E-state index in [1.54, 1.807) is 28.1 Å². The standard InChI is InChI=1S/C24H22ClN3O3S/c25-19-9-4-8-18(14-19)16-28-20-11-13-32-22(20)23(30)27(24(28)31)12-5-10-21(29)26-15-17-6-2-1-3-7-17/h1-4,6-9,11,13-14H,5,10,12,15-16H2,(H,26,29). The van der Waals surface area contributed by atoms with E-state index in [9.17, 15) is 14.4 Å². The van der Waals surface area contributed by atoms with Crippen molar-refractivity contribution in [2.24, 2.45) is 0 Å². The Labute approximate surface area is 193 Å². The van der Waals surface area contributed by atoms with Gasteiger partial charge in [0.15, 0.2) is 0 Å². The van der Waals surface area contributed by atoms with Crippen molar-refractivity contribution in [1.29, 1.82) is 0 Å². The van der Waals surface area contributed by atoms with Crippen LogP contribution in [0.25, 0.3) is 10.2 Å². The van der Waals surface area contributed by atoms with Gasteiger partial charge in [-0.3, -0.25) is 18.7 Å². The van der Waals surface area contributed by atoms with Gasteiger partial charge in [0.1, 0.15) is 4.70 Å². The van der Waals surface area contributed by atoms with Crippen LogP contribution < -0.4 is 16.6 Å². The number of nitrogens with zero attached hydrogens (tertiary/aromatic N) is 2. The van der Waals surface area contributed by atoms with E-state index < -0.39 is 0 Å². The lowest BCUT2D eigenvalue weighted by Gasteiger charge is -2.12. The first kappa shape index (κ1) is 22.0. The predicted octanol–water partition coefficient (Wildman–Crippen LogP) is 4.02. The maximum Gasteiger partial charge on any atom is 0.331 e. The Morgan fingerprint density at radius 2 is 1.75 bits per heavy atom. The molecular formula is C24H22ClN3O3S. The maximum absolute atomic E-state index is 13.2. The van der Waals surface area contributed by atoms with E-state index in [4.69, 9.17) is 11.6 Å². The van der Waals surface area contributed by atoms with Gasteiger partial charge in [0.05, 0.1) is 12.1 Å². The molecule has 1 amide bonds. The van der Waals surface area contributed by atoms with Crippen molar-refractivity contribution in [2.75, 3.05) is 0 Å². The second kappa shape index (κ2) is 9.97. The molecular weight excluding hydrogens is 446 g/mol. The third-order valence-electron chi connectivity index (χ3n) is 5.18. The summed E-state index contributed by atoms with van der Waals surface area (Å²) >= 11 is 7.40. The van der Waals surface area contributed by atoms with Gasteiger partial charge in [0.25, 0.3) is 5.56 Å². The first-order valence-electron chi connectivity index (χ1n) is 10.3. The Hall–Kier alpha value is -3.16. The highest BCUT2D eigenvalue weighted by molar-refractivity contribution is 7.17. The molecule has 2 aromatic carbocycles. The van der Waals surface area contributed by atoms with E-state index in [0.29, 0.717) is 34.7 Å². The van der Waals surface area contributed by atoms with Crippen LogP contribution in [0.3, 0.4) is 0 Å². The van der Waals surface area contributed by atoms with Crippen molar-refractivity contribution < 1.29 is 4.79 Å². The topological polar surface area (TPSA) is 73.1 Å². The number of fused-ring (bicyclic) bond motifs is 1. The van der Waals surface area contributed by atoms with Gasteiger partial charge in [-0.2, -0.15) is 0 Å². The lowest BCUT2D eigenvalue weighted by Crippen LogP contribution is -2.40. The van der Waals surface area contributed by atoms with Gasteiger partial charge in [-0.15, -0.1) is 11.3 Å². The average Bonchev–Trinajstić information content (AvgIpc) is 3.28. The lowest BCUT2D eigenvalue weighted by molar-refractivity contribution is -0.121. The minimum Gasteiger partial charge on any atom is -0.352 e. The minimum atomic E-state index is -0.384. The van der Waals surface area contributed by atoms with Gasteiger partial charge >= 0.3 is 5.69 Å². The molecule has 0 radical (unpaired) electrons. The molecule has 32 heavy (non-hydrogen) atoms. The average molecular weight is 468 g/mol. The second-order valence-electron chi connectivity index (χ2n) is 7.46. The number of carbonyl (C=O) groups excluding carboxylic acids is 1. The van der Waals surface area contributed by atoms with Gasteiger partial charge in [0, 0.05) is 24.5 Å². The van der Waals surface area contributed by atoms with Crippen molar-refractivity contribution in [3.8, 4) is 0 Å². The molecule has 2 heterocycles. The van der Waals surface area contributed by atoms with Gasteiger partial charge in [-0.05, 0) is 41.1 Å². The van der Waals surface area contributed by atoms with E-state index in [0.717, 1.165) is 11.1 Å². The summed E-state index contributed by atoms with van der Waals surface area (Å²) in [5.74, 6) is -0.113. The third-order valence-corrected chi connectivity index (χ3v) is 6.31. The van der Waals surface area contributed by atoms with Crippen LogP contribution in [-0.2, 0) is 24.4 Å². The number of hydrogen-bond donors (Lipinski definition) is 1. The second-order valence-corrected chi connectivity index (χ2v) is 8.81. The molecule has 0 aliphatic heterocycles. The SMILES string of the molecule is O=C(CCCn1c(=O)c2sccc2n(Cc2cccc(Cl)c2)c1=O)NCc1ccccc1. The number of aromatic nitrogens is 2. The van der Waals surface area contributed by atoms with E-state index in [1.165, 1.54) is 15.9 Å². The molecule has 2 aromatic heterocycles. The normalized spacial score (nSPS) is 11.0. The van der Waals surface area contributed by atoms with Crippen molar-refractivity contribution in [1.82, 2.24) is 14.5 Å². The fourth-order valence-electron chi connectivity index (χ4n) is 3.58. The summed E-state index contributed by atoms with van der Waals surface area (Å²) in [5, 5.41) is 5.27. The monoisotopic (exact) mass is 467 g/mol. The summed E-state index contributed by atoms with van der Waals surface area (Å²) in [5.41, 5.74) is 1.81. The zero-order valence-corrected chi connectivity index (χ0v) is 18.9. The fourth-order valence-corrected chi connectivity index (χ4v) is 4.64. The van der Waals surface area contributed by atoms with Crippen LogP contribution in [0.2, 0.25) is 5.02 Å². The molecule has 0 aliphatic rings. The highest BCUT2D eigenvalue weighted by Crippen LogP contribution is 2.18. The Morgan fingerprint density at radius 3 is 2.53 bits per heavy atom. The van der Waals surface area contributed by atoms with Crippen molar-refractivity contribution in [2.45, 2.75) is 32.5 Å². The fraction of sp³-hybridized carbons (Fsp3) is 0.208. The van der Waals surface area contributed by atoms with Crippen molar-refractivity contribution in [3.63, 3.8) is 0 Å². The summed E-state index contributed by atoms with van der Waals surface area (Å²) < 4.78 is 3.35. The van der Waals surface area contributed by atoms with Gasteiger partial charge in [-0.1, -0.05) is 54.1 Å². The first-order chi connectivity index (χ1) is 15.5. The molecule has 0 aliphatic carbocycles. The molecule has 0 bridgehead atoms. The number of carbonyl (C=O) groups is 1. The van der Waals surface area contributed by atoms with Crippen LogP contribution in [0.15, 0.2) is 75.6 Å². The molecule has 8 heteroatoms. The zero-order valence-electron chi connectivity index (χ0n) is 17.3. The Bertz CT molecular complexity index is 1360. The van der Waals surface area contributed by atoms with Crippen LogP contribution in [0.4, 0.5) is 0 Å². The molecule has 0 unspecified atom stereocenters. The van der Waals surface area contributed by atoms with E-state index in [2.05, 4.69) is 5.32 Å². The summed E-state index contributed by atoms with van der Waals surface area (Å²) in [7, 11) is 0. The van der Waals surface area contributed by atoms with Crippen LogP contribution >= 0.6 is 22.9 Å². The predicted molar refractivity (Wildman–Crippen MR) is 128 cm³/mol. The summed E-state index contributed by atoms with van der Waals surface area (Å²) in [6.07, 6.45) is 0.624. The first-order valence-corrected chi connectivity index (χ1v) is 11.5. The number of halogens is 1. The quantitative estimate of drug-likeness (QED) is 0.425. The summed E-state index contributed by atoms with van der Waals surface area (Å²) in [4.78, 5) is 38.3. The lowest BCUT2D eigenvalue weighted by atomic mass is 10.2. The number of nitrogens with one attached hydrogen (secondary N) is 1. The van der Waals surface area contributed by atoms with Gasteiger partial charge < -0.3 is 5.32 Å². The number of benzene rings is 2. The van der Waals surface area contributed by atoms with E-state index >= 15 is 0 Å². The molecule has 4 aromatic rings. The Kier molecular flexibility index (Phi) is 6.87. The molecule has 0 saturated heterocycles. The number of rotatable bonds is 8. The number of thiophene rings is 1. The molecule has 6 nitrogen and oxygen atoms in total. The number of amides is 1. The molecule has 0 fully saturated rings. The summed E-state index contributed by atoms with van der Waals surface area (Å²) in [6, 6.07) is 18.7. The molecule has 0 spiro atoms. The molecule has 0 atom stereocenters. The maximum atomic E-state index is 13.2. The smallest absolute Gasteiger partial charge is 0.331 e. The van der Waals surface area contributed by atoms with E-state index in [-0.39, 0.29) is 30.1 Å². The highest BCUT2D eigenvalue weighted by Gasteiger charge is 2.15. The van der Waals surface area contributed by atoms with Gasteiger partial charge in [-0.25, -0.2) is 4.79 Å². The van der Waals surface area contributed by atoms with Crippen LogP contribution in [-0.4, -0.2) is 15.0 Å². The Balaban J connectivity index is 1.49.